The lowest BCUT2D eigenvalue weighted by atomic mass is 10.2. The summed E-state index contributed by atoms with van der Waals surface area (Å²) in [6, 6.07) is 17.9. The number of amides is 2. The van der Waals surface area contributed by atoms with Gasteiger partial charge in [-0.15, -0.1) is 0 Å². The Labute approximate surface area is 203 Å². The van der Waals surface area contributed by atoms with Crippen molar-refractivity contribution >= 4 is 39.3 Å². The summed E-state index contributed by atoms with van der Waals surface area (Å²) in [4.78, 5) is 25.7. The summed E-state index contributed by atoms with van der Waals surface area (Å²) in [6.45, 7) is -0.202. The van der Waals surface area contributed by atoms with Crippen molar-refractivity contribution in [2.45, 2.75) is 4.90 Å². The molecule has 8 nitrogen and oxygen atoms in total. The second kappa shape index (κ2) is 11.3. The molecule has 0 saturated heterocycles. The van der Waals surface area contributed by atoms with E-state index < -0.39 is 27.7 Å². The molecule has 0 aromatic heterocycles. The molecule has 35 heavy (non-hydrogen) atoms. The summed E-state index contributed by atoms with van der Waals surface area (Å²) in [7, 11) is -0.926. The fourth-order valence-corrected chi connectivity index (χ4v) is 4.08. The molecule has 0 aliphatic carbocycles. The molecule has 3 rings (SSSR count). The standard InChI is InChI=1S/C25H24FN3O5S/c1-29(17-24(30)27-20-12-10-19(26)11-13-20)25(31)16-9-18-7-14-21(15-8-18)35(32,33)28-22-5-3-4-6-23(22)34-2/h3-16,28H,17H2,1-2H3,(H,27,30)/b16-9+. The van der Waals surface area contributed by atoms with Gasteiger partial charge in [0.1, 0.15) is 11.6 Å². The highest BCUT2D eigenvalue weighted by molar-refractivity contribution is 7.92. The van der Waals surface area contributed by atoms with E-state index in [1.54, 1.807) is 36.4 Å². The quantitative estimate of drug-likeness (QED) is 0.438. The van der Waals surface area contributed by atoms with Crippen LogP contribution in [0.25, 0.3) is 6.08 Å². The van der Waals surface area contributed by atoms with E-state index in [0.29, 0.717) is 22.7 Å². The molecule has 0 aliphatic heterocycles. The van der Waals surface area contributed by atoms with Gasteiger partial charge in [0.25, 0.3) is 10.0 Å². The fourth-order valence-electron chi connectivity index (χ4n) is 3.01. The van der Waals surface area contributed by atoms with Gasteiger partial charge < -0.3 is 15.0 Å². The molecular formula is C25H24FN3O5S. The molecule has 10 heteroatoms. The summed E-state index contributed by atoms with van der Waals surface area (Å²) in [5.74, 6) is -0.880. The van der Waals surface area contributed by atoms with E-state index >= 15 is 0 Å². The highest BCUT2D eigenvalue weighted by atomic mass is 32.2. The first-order valence-corrected chi connectivity index (χ1v) is 11.9. The zero-order chi connectivity index (χ0) is 25.4. The van der Waals surface area contributed by atoms with Gasteiger partial charge in [-0.05, 0) is 60.2 Å². The summed E-state index contributed by atoms with van der Waals surface area (Å²) in [5, 5.41) is 2.58. The lowest BCUT2D eigenvalue weighted by molar-refractivity contribution is -0.129. The van der Waals surface area contributed by atoms with Crippen molar-refractivity contribution in [3.8, 4) is 5.75 Å². The Balaban J connectivity index is 1.58. The van der Waals surface area contributed by atoms with Gasteiger partial charge in [0, 0.05) is 18.8 Å². The minimum atomic E-state index is -3.84. The molecule has 182 valence electrons. The molecule has 0 heterocycles. The van der Waals surface area contributed by atoms with E-state index in [9.17, 15) is 22.4 Å². The van der Waals surface area contributed by atoms with Gasteiger partial charge in [0.05, 0.1) is 24.2 Å². The third-order valence-electron chi connectivity index (χ3n) is 4.85. The van der Waals surface area contributed by atoms with E-state index in [1.165, 1.54) is 67.6 Å². The number of rotatable bonds is 9. The second-order valence-corrected chi connectivity index (χ2v) is 9.14. The second-order valence-electron chi connectivity index (χ2n) is 7.46. The summed E-state index contributed by atoms with van der Waals surface area (Å²) < 4.78 is 46.0. The molecule has 0 radical (unpaired) electrons. The number of carbonyl (C=O) groups is 2. The Morgan fingerprint density at radius 2 is 1.66 bits per heavy atom. The van der Waals surface area contributed by atoms with E-state index in [1.807, 2.05) is 0 Å². The zero-order valence-electron chi connectivity index (χ0n) is 19.1. The minimum Gasteiger partial charge on any atom is -0.495 e. The van der Waals surface area contributed by atoms with Crippen molar-refractivity contribution in [1.82, 2.24) is 4.90 Å². The third kappa shape index (κ3) is 7.15. The van der Waals surface area contributed by atoms with Crippen LogP contribution in [0.1, 0.15) is 5.56 Å². The van der Waals surface area contributed by atoms with Crippen LogP contribution in [0.4, 0.5) is 15.8 Å². The Bertz CT molecular complexity index is 1320. The van der Waals surface area contributed by atoms with E-state index in [2.05, 4.69) is 10.0 Å². The molecule has 0 bridgehead atoms. The molecule has 3 aromatic carbocycles. The molecule has 2 N–H and O–H groups in total. The third-order valence-corrected chi connectivity index (χ3v) is 6.23. The van der Waals surface area contributed by atoms with E-state index in [4.69, 9.17) is 4.74 Å². The first-order chi connectivity index (χ1) is 16.7. The Kier molecular flexibility index (Phi) is 8.21. The summed E-state index contributed by atoms with van der Waals surface area (Å²) >= 11 is 0. The largest absolute Gasteiger partial charge is 0.495 e. The molecule has 0 atom stereocenters. The smallest absolute Gasteiger partial charge is 0.262 e. The fraction of sp³-hybridized carbons (Fsp3) is 0.120. The maximum atomic E-state index is 13.0. The van der Waals surface area contributed by atoms with Crippen molar-refractivity contribution in [2.24, 2.45) is 0 Å². The van der Waals surface area contributed by atoms with Crippen LogP contribution in [0.15, 0.2) is 83.8 Å². The predicted molar refractivity (Wildman–Crippen MR) is 132 cm³/mol. The Morgan fingerprint density at radius 1 is 1.00 bits per heavy atom. The first kappa shape index (κ1) is 25.4. The van der Waals surface area contributed by atoms with Gasteiger partial charge >= 0.3 is 0 Å². The number of nitrogens with zero attached hydrogens (tertiary/aromatic N) is 1. The van der Waals surface area contributed by atoms with Gasteiger partial charge in [-0.1, -0.05) is 24.3 Å². The van der Waals surface area contributed by atoms with E-state index in [0.717, 1.165) is 0 Å². The first-order valence-electron chi connectivity index (χ1n) is 10.4. The van der Waals surface area contributed by atoms with Crippen molar-refractivity contribution in [1.29, 1.82) is 0 Å². The molecule has 3 aromatic rings. The number of nitrogens with one attached hydrogen (secondary N) is 2. The molecular weight excluding hydrogens is 473 g/mol. The Hall–Kier alpha value is -4.18. The van der Waals surface area contributed by atoms with Crippen molar-refractivity contribution in [3.63, 3.8) is 0 Å². The number of benzene rings is 3. The van der Waals surface area contributed by atoms with Crippen molar-refractivity contribution in [3.05, 3.63) is 90.3 Å². The van der Waals surface area contributed by atoms with Gasteiger partial charge in [0.2, 0.25) is 11.8 Å². The lowest BCUT2D eigenvalue weighted by Crippen LogP contribution is -2.33. The maximum Gasteiger partial charge on any atom is 0.262 e. The molecule has 0 aliphatic rings. The number of para-hydroxylation sites is 2. The normalized spacial score (nSPS) is 11.2. The van der Waals surface area contributed by atoms with Gasteiger partial charge in [-0.3, -0.25) is 14.3 Å². The van der Waals surface area contributed by atoms with Crippen LogP contribution in [-0.2, 0) is 19.6 Å². The number of likely N-dealkylation sites (N-methyl/N-ethyl adjacent to an activating group) is 1. The monoisotopic (exact) mass is 497 g/mol. The van der Waals surface area contributed by atoms with Crippen LogP contribution >= 0.6 is 0 Å². The van der Waals surface area contributed by atoms with Crippen LogP contribution in [-0.4, -0.2) is 45.8 Å². The number of halogens is 1. The molecule has 0 spiro atoms. The average molecular weight is 498 g/mol. The van der Waals surface area contributed by atoms with Crippen LogP contribution in [0.2, 0.25) is 0 Å². The lowest BCUT2D eigenvalue weighted by Gasteiger charge is -2.15. The van der Waals surface area contributed by atoms with Crippen molar-refractivity contribution in [2.75, 3.05) is 30.7 Å². The highest BCUT2D eigenvalue weighted by Crippen LogP contribution is 2.26. The molecule has 0 fully saturated rings. The van der Waals surface area contributed by atoms with Crippen LogP contribution in [0.3, 0.4) is 0 Å². The SMILES string of the molecule is COc1ccccc1NS(=O)(=O)c1ccc(/C=C/C(=O)N(C)CC(=O)Nc2ccc(F)cc2)cc1. The number of sulfonamides is 1. The topological polar surface area (TPSA) is 105 Å². The number of methoxy groups -OCH3 is 1. The van der Waals surface area contributed by atoms with Crippen LogP contribution in [0.5, 0.6) is 5.75 Å². The minimum absolute atomic E-state index is 0.0430. The number of hydrogen-bond donors (Lipinski definition) is 2. The van der Waals surface area contributed by atoms with Crippen LogP contribution in [0, 0.1) is 5.82 Å². The van der Waals surface area contributed by atoms with Gasteiger partial charge in [-0.2, -0.15) is 0 Å². The number of carbonyl (C=O) groups excluding carboxylic acids is 2. The number of hydrogen-bond acceptors (Lipinski definition) is 5. The summed E-state index contributed by atoms with van der Waals surface area (Å²) in [6.07, 6.45) is 2.79. The predicted octanol–water partition coefficient (Wildman–Crippen LogP) is 3.75. The average Bonchev–Trinajstić information content (AvgIpc) is 2.84. The number of ether oxygens (including phenoxy) is 1. The molecule has 0 saturated carbocycles. The zero-order valence-corrected chi connectivity index (χ0v) is 19.9. The Morgan fingerprint density at radius 3 is 2.31 bits per heavy atom. The molecule has 0 unspecified atom stereocenters. The van der Waals surface area contributed by atoms with Gasteiger partial charge in [-0.25, -0.2) is 12.8 Å². The molecule has 2 amide bonds. The highest BCUT2D eigenvalue weighted by Gasteiger charge is 2.16. The van der Waals surface area contributed by atoms with Gasteiger partial charge in [0.15, 0.2) is 0 Å². The number of anilines is 2. The summed E-state index contributed by atoms with van der Waals surface area (Å²) in [5.41, 5.74) is 1.33. The van der Waals surface area contributed by atoms with Crippen molar-refractivity contribution < 1.29 is 27.1 Å². The van der Waals surface area contributed by atoms with E-state index in [-0.39, 0.29) is 11.4 Å². The van der Waals surface area contributed by atoms with Crippen LogP contribution < -0.4 is 14.8 Å². The maximum absolute atomic E-state index is 13.0.